The van der Waals surface area contributed by atoms with Crippen LogP contribution in [0, 0.1) is 0 Å². The molecule has 0 N–H and O–H groups in total. The summed E-state index contributed by atoms with van der Waals surface area (Å²) >= 11 is 0. The van der Waals surface area contributed by atoms with E-state index in [9.17, 15) is 0 Å². The summed E-state index contributed by atoms with van der Waals surface area (Å²) in [5.74, 6) is 0. The molecular formula is C60H40N2OSi. The van der Waals surface area contributed by atoms with Crippen molar-refractivity contribution in [2.75, 3.05) is 0 Å². The first kappa shape index (κ1) is 36.5. The summed E-state index contributed by atoms with van der Waals surface area (Å²) in [5.41, 5.74) is 11.2. The van der Waals surface area contributed by atoms with Crippen LogP contribution in [0.5, 0.6) is 0 Å². The van der Waals surface area contributed by atoms with Crippen molar-refractivity contribution < 1.29 is 4.42 Å². The van der Waals surface area contributed by atoms with Crippen molar-refractivity contribution in [3.63, 3.8) is 0 Å². The van der Waals surface area contributed by atoms with E-state index in [1.165, 1.54) is 59.1 Å². The molecule has 0 aliphatic rings. The molecule has 3 nitrogen and oxygen atoms in total. The molecule has 0 atom stereocenters. The van der Waals surface area contributed by atoms with E-state index < -0.39 is 8.07 Å². The quantitative estimate of drug-likeness (QED) is 0.116. The van der Waals surface area contributed by atoms with Gasteiger partial charge in [0.1, 0.15) is 11.2 Å². The van der Waals surface area contributed by atoms with Crippen LogP contribution in [0.2, 0.25) is 0 Å². The van der Waals surface area contributed by atoms with E-state index in [-0.39, 0.29) is 0 Å². The zero-order valence-corrected chi connectivity index (χ0v) is 35.9. The molecule has 0 spiro atoms. The van der Waals surface area contributed by atoms with Gasteiger partial charge in [0.15, 0.2) is 8.07 Å². The highest BCUT2D eigenvalue weighted by molar-refractivity contribution is 7.19. The zero-order valence-electron chi connectivity index (χ0n) is 34.9. The number of nitrogens with zero attached hydrogens (tertiary/aromatic N) is 2. The predicted octanol–water partition coefficient (Wildman–Crippen LogP) is 12.8. The molecule has 0 saturated carbocycles. The fourth-order valence-electron chi connectivity index (χ4n) is 10.7. The van der Waals surface area contributed by atoms with Crippen molar-refractivity contribution in [3.8, 4) is 22.5 Å². The van der Waals surface area contributed by atoms with Crippen molar-refractivity contribution in [2.45, 2.75) is 0 Å². The van der Waals surface area contributed by atoms with Crippen molar-refractivity contribution >= 4 is 94.4 Å². The Balaban J connectivity index is 1.00. The zero-order chi connectivity index (χ0) is 42.2. The fourth-order valence-corrected chi connectivity index (χ4v) is 15.5. The molecule has 3 heterocycles. The Hall–Kier alpha value is -8.18. The molecule has 0 saturated heterocycles. The molecular weight excluding hydrogens is 793 g/mol. The van der Waals surface area contributed by atoms with Crippen molar-refractivity contribution in [2.24, 2.45) is 0 Å². The van der Waals surface area contributed by atoms with Gasteiger partial charge < -0.3 is 13.6 Å². The molecule has 13 aromatic rings. The molecule has 0 radical (unpaired) electrons. The van der Waals surface area contributed by atoms with Gasteiger partial charge in [-0.2, -0.15) is 0 Å². The van der Waals surface area contributed by atoms with Crippen molar-refractivity contribution in [3.05, 3.63) is 243 Å². The van der Waals surface area contributed by atoms with E-state index >= 15 is 0 Å². The predicted molar refractivity (Wildman–Crippen MR) is 271 cm³/mol. The van der Waals surface area contributed by atoms with Crippen LogP contribution in [0.3, 0.4) is 0 Å². The third kappa shape index (κ3) is 5.39. The number of furan rings is 1. The van der Waals surface area contributed by atoms with Gasteiger partial charge in [-0.3, -0.25) is 0 Å². The highest BCUT2D eigenvalue weighted by atomic mass is 28.3. The first-order valence-electron chi connectivity index (χ1n) is 22.0. The van der Waals surface area contributed by atoms with Crippen LogP contribution >= 0.6 is 0 Å². The van der Waals surface area contributed by atoms with E-state index in [1.807, 2.05) is 6.07 Å². The van der Waals surface area contributed by atoms with Crippen LogP contribution in [-0.4, -0.2) is 17.2 Å². The molecule has 0 amide bonds. The average Bonchev–Trinajstić information content (AvgIpc) is 4.03. The first-order valence-corrected chi connectivity index (χ1v) is 24.0. The summed E-state index contributed by atoms with van der Waals surface area (Å²) in [5, 5.41) is 12.5. The standard InChI is InChI=1S/C60H40N2OSi/c1-4-18-43(19-5-1)61-54-28-13-10-25-49(54)53-40-42(31-37-56(53)61)41-17-16-24-48(39-41)64(45-20-6-2-7-21-45,46-22-8-3-9-23-46)47-34-32-44(33-35-47)62-55-29-14-11-27-52(55)59-57(62)38-36-51-50-26-12-15-30-58(50)63-60(51)59/h1-40H. The minimum atomic E-state index is -2.90. The lowest BCUT2D eigenvalue weighted by Gasteiger charge is -2.35. The van der Waals surface area contributed by atoms with E-state index in [0.717, 1.165) is 49.7 Å². The summed E-state index contributed by atoms with van der Waals surface area (Å²) in [7, 11) is -2.90. The lowest BCUT2D eigenvalue weighted by molar-refractivity contribution is 0.673. The monoisotopic (exact) mass is 832 g/mol. The molecule has 13 rings (SSSR count). The molecule has 3 aromatic heterocycles. The van der Waals surface area contributed by atoms with Crippen LogP contribution in [-0.2, 0) is 0 Å². The summed E-state index contributed by atoms with van der Waals surface area (Å²) in [6.45, 7) is 0. The third-order valence-corrected chi connectivity index (χ3v) is 18.2. The summed E-state index contributed by atoms with van der Waals surface area (Å²) in [6.07, 6.45) is 0. The molecule has 4 heteroatoms. The maximum Gasteiger partial charge on any atom is 0.179 e. The van der Waals surface area contributed by atoms with E-state index in [1.54, 1.807) is 0 Å². The summed E-state index contributed by atoms with van der Waals surface area (Å²) < 4.78 is 11.4. The molecule has 0 bridgehead atoms. The second-order valence-corrected chi connectivity index (χ2v) is 20.6. The highest BCUT2D eigenvalue weighted by Crippen LogP contribution is 2.41. The Morgan fingerprint density at radius 1 is 0.297 bits per heavy atom. The Kier molecular flexibility index (Phi) is 8.23. The maximum absolute atomic E-state index is 6.63. The largest absolute Gasteiger partial charge is 0.455 e. The lowest BCUT2D eigenvalue weighted by Crippen LogP contribution is -2.74. The van der Waals surface area contributed by atoms with E-state index in [4.69, 9.17) is 4.42 Å². The van der Waals surface area contributed by atoms with Crippen molar-refractivity contribution in [1.29, 1.82) is 0 Å². The number of para-hydroxylation sites is 4. The molecule has 0 unspecified atom stereocenters. The van der Waals surface area contributed by atoms with Crippen LogP contribution in [0.15, 0.2) is 247 Å². The second-order valence-electron chi connectivity index (χ2n) is 16.8. The smallest absolute Gasteiger partial charge is 0.179 e. The number of benzene rings is 10. The van der Waals surface area contributed by atoms with Crippen LogP contribution in [0.25, 0.3) is 88.1 Å². The molecule has 10 aromatic carbocycles. The third-order valence-electron chi connectivity index (χ3n) is 13.5. The Morgan fingerprint density at radius 3 is 1.55 bits per heavy atom. The number of rotatable bonds is 7. The van der Waals surface area contributed by atoms with Gasteiger partial charge in [-0.15, -0.1) is 0 Å². The highest BCUT2D eigenvalue weighted by Gasteiger charge is 2.41. The summed E-state index contributed by atoms with van der Waals surface area (Å²) in [6, 6.07) is 89.3. The van der Waals surface area contributed by atoms with Crippen LogP contribution in [0.4, 0.5) is 0 Å². The molecule has 0 aliphatic heterocycles. The first-order chi connectivity index (χ1) is 31.8. The van der Waals surface area contributed by atoms with Gasteiger partial charge in [0.25, 0.3) is 0 Å². The maximum atomic E-state index is 6.63. The van der Waals surface area contributed by atoms with Gasteiger partial charge in [-0.25, -0.2) is 0 Å². The number of aromatic nitrogens is 2. The molecule has 300 valence electrons. The van der Waals surface area contributed by atoms with Crippen LogP contribution < -0.4 is 20.7 Å². The fraction of sp³-hybridized carbons (Fsp3) is 0. The van der Waals surface area contributed by atoms with Gasteiger partial charge in [0.05, 0.1) is 27.5 Å². The van der Waals surface area contributed by atoms with Gasteiger partial charge in [0, 0.05) is 38.3 Å². The van der Waals surface area contributed by atoms with E-state index in [0.29, 0.717) is 0 Å². The van der Waals surface area contributed by atoms with Crippen LogP contribution in [0.1, 0.15) is 0 Å². The molecule has 0 fully saturated rings. The normalized spacial score (nSPS) is 12.1. The minimum absolute atomic E-state index is 0.912. The van der Waals surface area contributed by atoms with Gasteiger partial charge >= 0.3 is 0 Å². The van der Waals surface area contributed by atoms with Gasteiger partial charge in [-0.05, 0) is 98.6 Å². The van der Waals surface area contributed by atoms with E-state index in [2.05, 4.69) is 246 Å². The Bertz CT molecular complexity index is 3840. The number of fused-ring (bicyclic) bond motifs is 10. The van der Waals surface area contributed by atoms with Crippen molar-refractivity contribution in [1.82, 2.24) is 9.13 Å². The Labute approximate surface area is 371 Å². The SMILES string of the molecule is c1ccc(-n2c3ccccc3c3cc(-c4cccc([Si](c5ccccc5)(c5ccccc5)c5ccc(-n6c7ccccc7c7c8oc9ccccc9c8ccc76)cc5)c4)ccc32)cc1. The molecule has 64 heavy (non-hydrogen) atoms. The molecule has 0 aliphatic carbocycles. The minimum Gasteiger partial charge on any atom is -0.455 e. The Morgan fingerprint density at radius 2 is 0.812 bits per heavy atom. The van der Waals surface area contributed by atoms with Gasteiger partial charge in [0.2, 0.25) is 0 Å². The average molecular weight is 833 g/mol. The topological polar surface area (TPSA) is 23.0 Å². The number of hydrogen-bond donors (Lipinski definition) is 0. The summed E-state index contributed by atoms with van der Waals surface area (Å²) in [4.78, 5) is 0. The lowest BCUT2D eigenvalue weighted by atomic mass is 10.0. The number of hydrogen-bond acceptors (Lipinski definition) is 1. The van der Waals surface area contributed by atoms with Gasteiger partial charge in [-0.1, -0.05) is 176 Å². The second kappa shape index (κ2) is 14.5.